The van der Waals surface area contributed by atoms with Crippen molar-refractivity contribution in [2.45, 2.75) is 0 Å². The third kappa shape index (κ3) is 1.28. The van der Waals surface area contributed by atoms with Crippen LogP contribution in [0.3, 0.4) is 0 Å². The monoisotopic (exact) mass is 165 g/mol. The lowest BCUT2D eigenvalue weighted by atomic mass is 13.8. The standard InChI is InChI=1S/H11NSi5/c2-1-3-5-6-4-1/h3-6H2,2H3. The molecule has 0 amide bonds. The van der Waals surface area contributed by atoms with Crippen molar-refractivity contribution in [1.82, 2.24) is 3.90 Å². The van der Waals surface area contributed by atoms with E-state index in [-0.39, 0.29) is 0 Å². The Morgan fingerprint density at radius 2 is 1.67 bits per heavy atom. The molecule has 1 saturated heterocycles. The van der Waals surface area contributed by atoms with Crippen molar-refractivity contribution in [1.29, 1.82) is 0 Å². The molecule has 0 aromatic heterocycles. The smallest absolute Gasteiger partial charge is 0.0625 e. The Bertz CT molecular complexity index is 37.2. The molecule has 0 atom stereocenters. The Balaban J connectivity index is 2.18. The van der Waals surface area contributed by atoms with Crippen molar-refractivity contribution >= 4 is 45.9 Å². The van der Waals surface area contributed by atoms with Crippen LogP contribution in [0.5, 0.6) is 0 Å². The van der Waals surface area contributed by atoms with Gasteiger partial charge in [0, 0.05) is 17.1 Å². The molecule has 6 heteroatoms. The van der Waals surface area contributed by atoms with Crippen molar-refractivity contribution in [3.05, 3.63) is 0 Å². The van der Waals surface area contributed by atoms with E-state index in [4.69, 9.17) is 0 Å². The summed E-state index contributed by atoms with van der Waals surface area (Å²) >= 11 is 0. The number of nitrogens with zero attached hydrogens (tertiary/aromatic N) is 1. The fourth-order valence-electron chi connectivity index (χ4n) is 0.875. The Hall–Kier alpha value is 1.04. The fraction of sp³-hybridized carbons (Fsp3) is 0. The van der Waals surface area contributed by atoms with Gasteiger partial charge in [-0.15, -0.1) is 0 Å². The molecular weight excluding hydrogens is 154 g/mol. The molecule has 0 radical (unpaired) electrons. The molecule has 6 heavy (non-hydrogen) atoms. The van der Waals surface area contributed by atoms with Gasteiger partial charge in [0.25, 0.3) is 0 Å². The van der Waals surface area contributed by atoms with Crippen LogP contribution < -0.4 is 0 Å². The van der Waals surface area contributed by atoms with Gasteiger partial charge in [0.15, 0.2) is 0 Å². The van der Waals surface area contributed by atoms with E-state index in [1.54, 1.807) is 0 Å². The Morgan fingerprint density at radius 3 is 1.83 bits per heavy atom. The van der Waals surface area contributed by atoms with Crippen LogP contribution >= 0.6 is 0 Å². The van der Waals surface area contributed by atoms with Gasteiger partial charge in [-0.1, -0.05) is 0 Å². The van der Waals surface area contributed by atoms with Gasteiger partial charge in [-0.25, -0.2) is 0 Å². The van der Waals surface area contributed by atoms with Crippen LogP contribution in [0.25, 0.3) is 0 Å². The zero-order chi connectivity index (χ0) is 4.41. The molecule has 0 saturated carbocycles. The highest BCUT2D eigenvalue weighted by Crippen LogP contribution is 1.75. The average Bonchev–Trinajstić information content (AvgIpc) is 1.86. The second-order valence-electron chi connectivity index (χ2n) is 2.01. The van der Waals surface area contributed by atoms with E-state index in [0.717, 1.165) is 17.1 Å². The van der Waals surface area contributed by atoms with Crippen molar-refractivity contribution < 1.29 is 0 Å². The SMILES string of the molecule is [SiH3]N1[SiH2][SiH2][SiH2][SiH2]1. The first-order valence-electron chi connectivity index (χ1n) is 2.58. The summed E-state index contributed by atoms with van der Waals surface area (Å²) in [6.45, 7) is 0. The molecule has 0 N–H and O–H groups in total. The predicted octanol–water partition coefficient (Wildman–Crippen LogP) is -5.17. The molecule has 1 aliphatic heterocycles. The fourth-order valence-corrected chi connectivity index (χ4v) is 70.9. The first kappa shape index (κ1) is 5.19. The lowest BCUT2D eigenvalue weighted by Crippen LogP contribution is -2.21. The molecule has 1 aliphatic rings. The van der Waals surface area contributed by atoms with E-state index >= 15 is 0 Å². The summed E-state index contributed by atoms with van der Waals surface area (Å²) in [5.74, 6) is 0. The van der Waals surface area contributed by atoms with Crippen LogP contribution in [0.2, 0.25) is 0 Å². The van der Waals surface area contributed by atoms with E-state index in [9.17, 15) is 0 Å². The van der Waals surface area contributed by atoms with Crippen LogP contribution in [0.4, 0.5) is 0 Å². The van der Waals surface area contributed by atoms with Crippen LogP contribution in [0.1, 0.15) is 0 Å². The second-order valence-corrected chi connectivity index (χ2v) is 30.8. The molecule has 0 spiro atoms. The molecule has 0 unspecified atom stereocenters. The molecule has 0 aromatic carbocycles. The third-order valence-electron chi connectivity index (χ3n) is 1.33. The lowest BCUT2D eigenvalue weighted by Gasteiger charge is -2.02. The Kier molecular flexibility index (Phi) is 2.05. The zero-order valence-corrected chi connectivity index (χ0v) is 11.9. The predicted molar refractivity (Wildman–Crippen MR) is 46.0 cm³/mol. The first-order chi connectivity index (χ1) is 2.89. The van der Waals surface area contributed by atoms with Gasteiger partial charge >= 0.3 is 0 Å². The normalized spacial score (nSPS) is 42.0. The van der Waals surface area contributed by atoms with Gasteiger partial charge in [0.2, 0.25) is 0 Å². The molecule has 0 aromatic rings. The Labute approximate surface area is 50.2 Å². The van der Waals surface area contributed by atoms with Crippen molar-refractivity contribution in [2.24, 2.45) is 0 Å². The molecule has 0 bridgehead atoms. The van der Waals surface area contributed by atoms with Crippen LogP contribution in [0.15, 0.2) is 0 Å². The molecule has 36 valence electrons. The molecule has 1 rings (SSSR count). The summed E-state index contributed by atoms with van der Waals surface area (Å²) < 4.78 is 2.90. The largest absolute Gasteiger partial charge is 0.390 e. The lowest BCUT2D eigenvalue weighted by molar-refractivity contribution is 1.17. The minimum atomic E-state index is 0.625. The minimum Gasteiger partial charge on any atom is -0.390 e. The van der Waals surface area contributed by atoms with E-state index in [0.29, 0.717) is 18.4 Å². The highest BCUT2D eigenvalue weighted by atomic mass is 29.7. The van der Waals surface area contributed by atoms with Crippen molar-refractivity contribution in [2.75, 3.05) is 0 Å². The zero-order valence-electron chi connectivity index (χ0n) is 4.28. The van der Waals surface area contributed by atoms with Gasteiger partial charge < -0.3 is 3.90 Å². The molecule has 0 aliphatic carbocycles. The second kappa shape index (κ2) is 2.38. The first-order valence-corrected chi connectivity index (χ1v) is 16.7. The highest BCUT2D eigenvalue weighted by Gasteiger charge is 2.06. The number of hydrogen-bond donors (Lipinski definition) is 0. The number of rotatable bonds is 0. The molecule has 1 fully saturated rings. The highest BCUT2D eigenvalue weighted by molar-refractivity contribution is 7.50. The number of hydrogen-bond acceptors (Lipinski definition) is 1. The maximum absolute atomic E-state index is 2.90. The summed E-state index contributed by atoms with van der Waals surface area (Å²) in [7, 11) is 4.32. The van der Waals surface area contributed by atoms with Crippen LogP contribution in [-0.4, -0.2) is 49.8 Å². The van der Waals surface area contributed by atoms with E-state index in [2.05, 4.69) is 3.90 Å². The van der Waals surface area contributed by atoms with Crippen LogP contribution in [-0.2, 0) is 0 Å². The summed E-state index contributed by atoms with van der Waals surface area (Å²) in [6.07, 6.45) is 0. The van der Waals surface area contributed by atoms with Gasteiger partial charge in [-0.2, -0.15) is 0 Å². The molecular formula is H11NSi5. The van der Waals surface area contributed by atoms with E-state index in [1.165, 1.54) is 10.4 Å². The van der Waals surface area contributed by atoms with E-state index < -0.39 is 0 Å². The summed E-state index contributed by atoms with van der Waals surface area (Å²) in [6, 6.07) is 0. The maximum Gasteiger partial charge on any atom is 0.0625 e. The third-order valence-corrected chi connectivity index (χ3v) is 49.4. The average molecular weight is 166 g/mol. The van der Waals surface area contributed by atoms with Crippen molar-refractivity contribution in [3.8, 4) is 0 Å². The van der Waals surface area contributed by atoms with Crippen LogP contribution in [0, 0.1) is 0 Å². The quantitative estimate of drug-likeness (QED) is 0.325. The summed E-state index contributed by atoms with van der Waals surface area (Å²) in [5.41, 5.74) is 0. The summed E-state index contributed by atoms with van der Waals surface area (Å²) in [4.78, 5) is 0. The molecule has 1 heterocycles. The maximum atomic E-state index is 2.90. The van der Waals surface area contributed by atoms with Gasteiger partial charge in [-0.3, -0.25) is 0 Å². The van der Waals surface area contributed by atoms with Gasteiger partial charge in [-0.05, 0) is 0 Å². The van der Waals surface area contributed by atoms with Gasteiger partial charge in [0.1, 0.15) is 0 Å². The topological polar surface area (TPSA) is 3.24 Å². The molecule has 1 nitrogen and oxygen atoms in total. The van der Waals surface area contributed by atoms with Crippen molar-refractivity contribution in [3.63, 3.8) is 0 Å². The Morgan fingerprint density at radius 1 is 1.17 bits per heavy atom. The van der Waals surface area contributed by atoms with E-state index in [1.807, 2.05) is 0 Å². The summed E-state index contributed by atoms with van der Waals surface area (Å²) in [5, 5.41) is 0. The minimum absolute atomic E-state index is 0.625. The van der Waals surface area contributed by atoms with Gasteiger partial charge in [0.05, 0.1) is 28.8 Å².